The molecule has 9 nitrogen and oxygen atoms in total. The summed E-state index contributed by atoms with van der Waals surface area (Å²) in [6, 6.07) is 0. The highest BCUT2D eigenvalue weighted by Crippen LogP contribution is 2.17. The lowest BCUT2D eigenvalue weighted by atomic mass is 10.2. The number of ether oxygens (including phenoxy) is 1. The van der Waals surface area contributed by atoms with Crippen LogP contribution in [-0.2, 0) is 16.1 Å². The summed E-state index contributed by atoms with van der Waals surface area (Å²) in [5.41, 5.74) is 0.0964. The molecule has 1 amide bonds. The number of thioether (sulfide) groups is 1. The molecular formula is C15H21N5O4S. The predicted octanol–water partition coefficient (Wildman–Crippen LogP) is -0.160. The number of amides is 1. The Morgan fingerprint density at radius 2 is 2.16 bits per heavy atom. The molecule has 2 aromatic heterocycles. The highest BCUT2D eigenvalue weighted by molar-refractivity contribution is 7.99. The highest BCUT2D eigenvalue weighted by Gasteiger charge is 2.26. The third-order valence-electron chi connectivity index (χ3n) is 3.90. The van der Waals surface area contributed by atoms with Crippen LogP contribution in [0.3, 0.4) is 0 Å². The third kappa shape index (κ3) is 4.02. The van der Waals surface area contributed by atoms with Crippen molar-refractivity contribution in [3.05, 3.63) is 16.6 Å². The Labute approximate surface area is 148 Å². The Bertz CT molecular complexity index is 810. The monoisotopic (exact) mass is 367 g/mol. The van der Waals surface area contributed by atoms with Crippen LogP contribution in [0.1, 0.15) is 13.8 Å². The van der Waals surface area contributed by atoms with E-state index in [-0.39, 0.29) is 42.6 Å². The van der Waals surface area contributed by atoms with E-state index in [4.69, 9.17) is 9.84 Å². The number of aliphatic hydroxyl groups is 1. The molecule has 3 rings (SSSR count). The van der Waals surface area contributed by atoms with Gasteiger partial charge in [-0.1, -0.05) is 11.8 Å². The topological polar surface area (TPSA) is 113 Å². The van der Waals surface area contributed by atoms with Crippen molar-refractivity contribution in [1.29, 1.82) is 0 Å². The maximum Gasteiger partial charge on any atom is 0.262 e. The first-order valence-electron chi connectivity index (χ1n) is 8.10. The smallest absolute Gasteiger partial charge is 0.262 e. The summed E-state index contributed by atoms with van der Waals surface area (Å²) >= 11 is 1.18. The number of nitrogens with zero attached hydrogens (tertiary/aromatic N) is 4. The van der Waals surface area contributed by atoms with Gasteiger partial charge in [0.2, 0.25) is 5.91 Å². The second-order valence-corrected chi connectivity index (χ2v) is 7.01. The van der Waals surface area contributed by atoms with Crippen molar-refractivity contribution in [2.45, 2.75) is 37.8 Å². The second-order valence-electron chi connectivity index (χ2n) is 6.04. The summed E-state index contributed by atoms with van der Waals surface area (Å²) in [5.74, 6) is 0.167. The average Bonchev–Trinajstić information content (AvgIpc) is 2.96. The number of aromatic nitrogens is 4. The average molecular weight is 367 g/mol. The van der Waals surface area contributed by atoms with Crippen LogP contribution in [0, 0.1) is 0 Å². The van der Waals surface area contributed by atoms with Crippen molar-refractivity contribution in [2.24, 2.45) is 0 Å². The third-order valence-corrected chi connectivity index (χ3v) is 4.76. The minimum absolute atomic E-state index is 0.0137. The molecular weight excluding hydrogens is 346 g/mol. The van der Waals surface area contributed by atoms with E-state index in [9.17, 15) is 9.59 Å². The first-order valence-corrected chi connectivity index (χ1v) is 9.09. The van der Waals surface area contributed by atoms with Gasteiger partial charge in [-0.25, -0.2) is 9.67 Å². The fraction of sp³-hybridized carbons (Fsp3) is 0.600. The SMILES string of the molecule is C[C@@H]1CN(C(=O)CSc2nc3c(cnn3CCO)c(=O)[nH]2)C[C@@H](C)O1. The zero-order valence-electron chi connectivity index (χ0n) is 14.1. The predicted molar refractivity (Wildman–Crippen MR) is 92.5 cm³/mol. The lowest BCUT2D eigenvalue weighted by molar-refractivity contribution is -0.140. The Morgan fingerprint density at radius 1 is 1.44 bits per heavy atom. The van der Waals surface area contributed by atoms with Gasteiger partial charge in [0.1, 0.15) is 5.39 Å². The molecule has 0 spiro atoms. The number of aromatic amines is 1. The lowest BCUT2D eigenvalue weighted by Crippen LogP contribution is -2.48. The van der Waals surface area contributed by atoms with E-state index in [1.165, 1.54) is 22.6 Å². The number of carbonyl (C=O) groups excluding carboxylic acids is 1. The quantitative estimate of drug-likeness (QED) is 0.558. The first-order chi connectivity index (χ1) is 12.0. The largest absolute Gasteiger partial charge is 0.394 e. The summed E-state index contributed by atoms with van der Waals surface area (Å²) in [6.45, 7) is 5.18. The van der Waals surface area contributed by atoms with Crippen LogP contribution in [0.5, 0.6) is 0 Å². The summed E-state index contributed by atoms with van der Waals surface area (Å²) in [5, 5.41) is 13.8. The summed E-state index contributed by atoms with van der Waals surface area (Å²) in [6.07, 6.45) is 1.45. The Morgan fingerprint density at radius 3 is 2.84 bits per heavy atom. The first kappa shape index (κ1) is 17.9. The zero-order chi connectivity index (χ0) is 18.0. The molecule has 0 aromatic carbocycles. The van der Waals surface area contributed by atoms with E-state index < -0.39 is 0 Å². The van der Waals surface area contributed by atoms with Crippen LogP contribution in [0.15, 0.2) is 16.1 Å². The van der Waals surface area contributed by atoms with Crippen LogP contribution < -0.4 is 5.56 Å². The number of hydrogen-bond acceptors (Lipinski definition) is 7. The second kappa shape index (κ2) is 7.54. The molecule has 2 N–H and O–H groups in total. The molecule has 10 heteroatoms. The number of hydrogen-bond donors (Lipinski definition) is 2. The molecule has 0 radical (unpaired) electrons. The number of H-pyrrole nitrogens is 1. The molecule has 0 bridgehead atoms. The fourth-order valence-corrected chi connectivity index (χ4v) is 3.63. The number of nitrogens with one attached hydrogen (secondary N) is 1. The van der Waals surface area contributed by atoms with E-state index in [1.807, 2.05) is 13.8 Å². The van der Waals surface area contributed by atoms with Crippen molar-refractivity contribution >= 4 is 28.7 Å². The molecule has 0 aliphatic carbocycles. The van der Waals surface area contributed by atoms with Crippen molar-refractivity contribution in [3.63, 3.8) is 0 Å². The van der Waals surface area contributed by atoms with Crippen molar-refractivity contribution < 1.29 is 14.6 Å². The molecule has 1 aliphatic rings. The zero-order valence-corrected chi connectivity index (χ0v) is 15.0. The van der Waals surface area contributed by atoms with Crippen LogP contribution in [0.25, 0.3) is 11.0 Å². The van der Waals surface area contributed by atoms with Gasteiger partial charge < -0.3 is 19.7 Å². The van der Waals surface area contributed by atoms with Gasteiger partial charge >= 0.3 is 0 Å². The molecule has 0 saturated carbocycles. The number of rotatable bonds is 5. The van der Waals surface area contributed by atoms with Gasteiger partial charge in [-0.05, 0) is 13.8 Å². The van der Waals surface area contributed by atoms with Crippen LogP contribution >= 0.6 is 11.8 Å². The van der Waals surface area contributed by atoms with Gasteiger partial charge in [-0.2, -0.15) is 5.10 Å². The number of carbonyl (C=O) groups is 1. The van der Waals surface area contributed by atoms with Crippen LogP contribution in [0.4, 0.5) is 0 Å². The van der Waals surface area contributed by atoms with E-state index in [0.717, 1.165) is 0 Å². The minimum atomic E-state index is -0.308. The van der Waals surface area contributed by atoms with Crippen molar-refractivity contribution in [3.8, 4) is 0 Å². The molecule has 1 fully saturated rings. The van der Waals surface area contributed by atoms with Crippen molar-refractivity contribution in [1.82, 2.24) is 24.6 Å². The van der Waals surface area contributed by atoms with Crippen LogP contribution in [-0.4, -0.2) is 73.3 Å². The van der Waals surface area contributed by atoms with E-state index >= 15 is 0 Å². The fourth-order valence-electron chi connectivity index (χ4n) is 2.88. The standard InChI is InChI=1S/C15H21N5O4S/c1-9-6-19(7-10(2)24-9)12(22)8-25-15-17-13-11(14(23)18-15)5-16-20(13)3-4-21/h5,9-10,21H,3-4,6-8H2,1-2H3,(H,17,18,23)/t9-,10-/m1/s1. The van der Waals surface area contributed by atoms with Crippen molar-refractivity contribution in [2.75, 3.05) is 25.4 Å². The normalized spacial score (nSPS) is 21.0. The number of aliphatic hydroxyl groups excluding tert-OH is 1. The van der Waals surface area contributed by atoms with Crippen LogP contribution in [0.2, 0.25) is 0 Å². The Balaban J connectivity index is 1.71. The molecule has 1 saturated heterocycles. The Hall–Kier alpha value is -1.91. The van der Waals surface area contributed by atoms with E-state index in [1.54, 1.807) is 4.90 Å². The summed E-state index contributed by atoms with van der Waals surface area (Å²) in [7, 11) is 0. The van der Waals surface area contributed by atoms with Gasteiger partial charge in [0.25, 0.3) is 5.56 Å². The molecule has 1 aliphatic heterocycles. The van der Waals surface area contributed by atoms with E-state index in [2.05, 4.69) is 15.1 Å². The summed E-state index contributed by atoms with van der Waals surface area (Å²) in [4.78, 5) is 33.3. The lowest BCUT2D eigenvalue weighted by Gasteiger charge is -2.35. The molecule has 2 atom stereocenters. The number of fused-ring (bicyclic) bond motifs is 1. The van der Waals surface area contributed by atoms with E-state index in [0.29, 0.717) is 29.3 Å². The maximum absolute atomic E-state index is 12.4. The molecule has 25 heavy (non-hydrogen) atoms. The Kier molecular flexibility index (Phi) is 5.40. The van der Waals surface area contributed by atoms with Gasteiger partial charge in [0, 0.05) is 13.1 Å². The maximum atomic E-state index is 12.4. The van der Waals surface area contributed by atoms with Gasteiger partial charge in [-0.15, -0.1) is 0 Å². The number of morpholine rings is 1. The van der Waals surface area contributed by atoms with Gasteiger partial charge in [-0.3, -0.25) is 9.59 Å². The van der Waals surface area contributed by atoms with Gasteiger partial charge in [0.15, 0.2) is 10.8 Å². The molecule has 0 unspecified atom stereocenters. The molecule has 3 heterocycles. The molecule has 2 aromatic rings. The highest BCUT2D eigenvalue weighted by atomic mass is 32.2. The van der Waals surface area contributed by atoms with Gasteiger partial charge in [0.05, 0.1) is 37.3 Å². The minimum Gasteiger partial charge on any atom is -0.394 e. The molecule has 136 valence electrons. The summed E-state index contributed by atoms with van der Waals surface area (Å²) < 4.78 is 7.10.